The second-order valence-electron chi connectivity index (χ2n) is 10.1. The smallest absolute Gasteiger partial charge is 0.0555 e. The molecule has 7 rings (SSSR count). The van der Waals surface area contributed by atoms with Crippen molar-refractivity contribution in [2.75, 3.05) is 9.80 Å². The summed E-state index contributed by atoms with van der Waals surface area (Å²) >= 11 is 13.6. The molecule has 0 aliphatic carbocycles. The first-order chi connectivity index (χ1) is 20.7. The van der Waals surface area contributed by atoms with Crippen LogP contribution in [0.2, 0.25) is 10.0 Å². The van der Waals surface area contributed by atoms with Gasteiger partial charge in [-0.2, -0.15) is 0 Å². The molecule has 0 saturated carbocycles. The number of fused-ring (bicyclic) bond motifs is 2. The number of hydrogen-bond acceptors (Lipinski definition) is 2. The molecule has 0 unspecified atom stereocenters. The van der Waals surface area contributed by atoms with Gasteiger partial charge in [-0.15, -0.1) is 0 Å². The summed E-state index contributed by atoms with van der Waals surface area (Å²) in [5, 5.41) is 5.69. The summed E-state index contributed by atoms with van der Waals surface area (Å²) in [5.74, 6) is 0. The minimum Gasteiger partial charge on any atom is -0.310 e. The summed E-state index contributed by atoms with van der Waals surface area (Å²) in [6.07, 6.45) is 0. The number of benzene rings is 7. The molecule has 0 atom stereocenters. The number of para-hydroxylation sites is 2. The van der Waals surface area contributed by atoms with E-state index in [1.807, 2.05) is 36.4 Å². The van der Waals surface area contributed by atoms with Crippen molar-refractivity contribution in [2.24, 2.45) is 0 Å². The van der Waals surface area contributed by atoms with Crippen molar-refractivity contribution in [1.29, 1.82) is 0 Å². The Labute approximate surface area is 255 Å². The van der Waals surface area contributed by atoms with Crippen LogP contribution in [0.25, 0.3) is 21.5 Å². The molecule has 4 heteroatoms. The molecule has 0 aliphatic heterocycles. The predicted octanol–water partition coefficient (Wildman–Crippen LogP) is 12.2. The van der Waals surface area contributed by atoms with Crippen LogP contribution < -0.4 is 9.80 Å². The molecule has 0 amide bonds. The van der Waals surface area contributed by atoms with E-state index in [-0.39, 0.29) is 0 Å². The van der Waals surface area contributed by atoms with E-state index >= 15 is 0 Å². The van der Waals surface area contributed by atoms with Crippen LogP contribution in [0.5, 0.6) is 0 Å². The van der Waals surface area contributed by atoms with Crippen LogP contribution in [0, 0.1) is 0 Å². The highest BCUT2D eigenvalue weighted by atomic mass is 35.5. The van der Waals surface area contributed by atoms with Gasteiger partial charge in [-0.3, -0.25) is 0 Å². The minimum absolute atomic E-state index is 0.726. The van der Waals surface area contributed by atoms with Gasteiger partial charge in [0.15, 0.2) is 0 Å². The number of nitrogens with zero attached hydrogens (tertiary/aromatic N) is 2. The van der Waals surface area contributed by atoms with E-state index in [0.29, 0.717) is 0 Å². The zero-order valence-corrected chi connectivity index (χ0v) is 24.2. The van der Waals surface area contributed by atoms with Crippen molar-refractivity contribution in [3.05, 3.63) is 168 Å². The van der Waals surface area contributed by atoms with Crippen LogP contribution in [0.3, 0.4) is 0 Å². The SMILES string of the molecule is Clc1cccc2cccc(N(c3ccccc3)c3ccc(N(c4ccccc4)c4cccc5cccc(Cl)c45)cc3)c12. The highest BCUT2D eigenvalue weighted by molar-refractivity contribution is 6.37. The quantitative estimate of drug-likeness (QED) is 0.193. The van der Waals surface area contributed by atoms with E-state index in [0.717, 1.165) is 65.7 Å². The normalized spacial score (nSPS) is 11.1. The summed E-state index contributed by atoms with van der Waals surface area (Å²) in [5.41, 5.74) is 6.22. The fraction of sp³-hybridized carbons (Fsp3) is 0. The highest BCUT2D eigenvalue weighted by Crippen LogP contribution is 2.44. The molecule has 0 heterocycles. The monoisotopic (exact) mass is 580 g/mol. The molecule has 7 aromatic rings. The summed E-state index contributed by atoms with van der Waals surface area (Å²) in [6, 6.07) is 54.2. The third-order valence-corrected chi connectivity index (χ3v) is 8.17. The second-order valence-corrected chi connectivity index (χ2v) is 10.9. The molecule has 0 aliphatic rings. The average molecular weight is 582 g/mol. The second kappa shape index (κ2) is 11.3. The van der Waals surface area contributed by atoms with Gasteiger partial charge < -0.3 is 9.80 Å². The van der Waals surface area contributed by atoms with Crippen LogP contribution in [-0.4, -0.2) is 0 Å². The highest BCUT2D eigenvalue weighted by Gasteiger charge is 2.20. The molecular formula is C38H26Cl2N2. The van der Waals surface area contributed by atoms with E-state index in [1.54, 1.807) is 0 Å². The molecule has 2 nitrogen and oxygen atoms in total. The van der Waals surface area contributed by atoms with Crippen molar-refractivity contribution in [1.82, 2.24) is 0 Å². The zero-order chi connectivity index (χ0) is 28.5. The Bertz CT molecular complexity index is 1850. The fourth-order valence-electron chi connectivity index (χ4n) is 5.68. The third kappa shape index (κ3) is 4.75. The Morgan fingerprint density at radius 2 is 0.643 bits per heavy atom. The van der Waals surface area contributed by atoms with Gasteiger partial charge in [-0.05, 0) is 83.6 Å². The van der Waals surface area contributed by atoms with Gasteiger partial charge in [-0.25, -0.2) is 0 Å². The summed E-state index contributed by atoms with van der Waals surface area (Å²) in [4.78, 5) is 4.53. The van der Waals surface area contributed by atoms with Crippen molar-refractivity contribution >= 4 is 78.9 Å². The van der Waals surface area contributed by atoms with Crippen LogP contribution >= 0.6 is 23.2 Å². The largest absolute Gasteiger partial charge is 0.310 e. The van der Waals surface area contributed by atoms with E-state index in [2.05, 4.69) is 131 Å². The van der Waals surface area contributed by atoms with Gasteiger partial charge in [0.25, 0.3) is 0 Å². The Morgan fingerprint density at radius 1 is 0.310 bits per heavy atom. The minimum atomic E-state index is 0.726. The molecule has 0 N–H and O–H groups in total. The van der Waals surface area contributed by atoms with Gasteiger partial charge >= 0.3 is 0 Å². The number of hydrogen-bond donors (Lipinski definition) is 0. The lowest BCUT2D eigenvalue weighted by molar-refractivity contribution is 1.27. The zero-order valence-electron chi connectivity index (χ0n) is 22.7. The van der Waals surface area contributed by atoms with E-state index < -0.39 is 0 Å². The van der Waals surface area contributed by atoms with Gasteiger partial charge in [0.2, 0.25) is 0 Å². The first-order valence-corrected chi connectivity index (χ1v) is 14.6. The standard InChI is InChI=1S/C38H26Cl2N2/c39-33-19-7-11-27-13-9-21-35(37(27)33)41(29-15-3-1-4-16-29)31-23-25-32(26-24-31)42(30-17-5-2-6-18-30)36-22-10-14-28-12-8-20-34(40)38(28)36/h1-26H. The summed E-state index contributed by atoms with van der Waals surface area (Å²) in [7, 11) is 0. The summed E-state index contributed by atoms with van der Waals surface area (Å²) < 4.78 is 0. The third-order valence-electron chi connectivity index (χ3n) is 7.54. The molecule has 0 spiro atoms. The number of halogens is 2. The van der Waals surface area contributed by atoms with Gasteiger partial charge in [0, 0.05) is 33.5 Å². The van der Waals surface area contributed by atoms with E-state index in [9.17, 15) is 0 Å². The molecule has 0 aromatic heterocycles. The lowest BCUT2D eigenvalue weighted by Gasteiger charge is -2.29. The first-order valence-electron chi connectivity index (χ1n) is 13.8. The summed E-state index contributed by atoms with van der Waals surface area (Å²) in [6.45, 7) is 0. The maximum atomic E-state index is 6.80. The first kappa shape index (κ1) is 26.2. The Kier molecular flexibility index (Phi) is 7.01. The Morgan fingerprint density at radius 3 is 1.02 bits per heavy atom. The Balaban J connectivity index is 1.40. The molecule has 0 bridgehead atoms. The fourth-order valence-corrected chi connectivity index (χ4v) is 6.24. The topological polar surface area (TPSA) is 6.48 Å². The van der Waals surface area contributed by atoms with Crippen LogP contribution in [0.1, 0.15) is 0 Å². The molecule has 7 aromatic carbocycles. The lowest BCUT2D eigenvalue weighted by Crippen LogP contribution is -2.12. The van der Waals surface area contributed by atoms with E-state index in [4.69, 9.17) is 23.2 Å². The van der Waals surface area contributed by atoms with Crippen molar-refractivity contribution in [3.63, 3.8) is 0 Å². The van der Waals surface area contributed by atoms with Crippen molar-refractivity contribution < 1.29 is 0 Å². The molecule has 0 saturated heterocycles. The van der Waals surface area contributed by atoms with Gasteiger partial charge in [0.05, 0.1) is 21.4 Å². The lowest BCUT2D eigenvalue weighted by atomic mass is 10.1. The van der Waals surface area contributed by atoms with Crippen molar-refractivity contribution in [2.45, 2.75) is 0 Å². The van der Waals surface area contributed by atoms with Crippen LogP contribution in [0.15, 0.2) is 158 Å². The van der Waals surface area contributed by atoms with Crippen molar-refractivity contribution in [3.8, 4) is 0 Å². The maximum Gasteiger partial charge on any atom is 0.0555 e. The Hall–Kier alpha value is -4.76. The molecular weight excluding hydrogens is 555 g/mol. The van der Waals surface area contributed by atoms with Gasteiger partial charge in [0.1, 0.15) is 0 Å². The van der Waals surface area contributed by atoms with Crippen LogP contribution in [-0.2, 0) is 0 Å². The predicted molar refractivity (Wildman–Crippen MR) is 181 cm³/mol. The molecule has 42 heavy (non-hydrogen) atoms. The van der Waals surface area contributed by atoms with Gasteiger partial charge in [-0.1, -0.05) is 108 Å². The van der Waals surface area contributed by atoms with Crippen LogP contribution in [0.4, 0.5) is 34.1 Å². The maximum absolute atomic E-state index is 6.80. The van der Waals surface area contributed by atoms with E-state index in [1.165, 1.54) is 0 Å². The average Bonchev–Trinajstić information content (AvgIpc) is 3.03. The molecule has 0 radical (unpaired) electrons. The molecule has 0 fully saturated rings. The number of anilines is 6. The number of rotatable bonds is 6. The molecule has 202 valence electrons.